The van der Waals surface area contributed by atoms with Crippen LogP contribution in [0.3, 0.4) is 0 Å². The van der Waals surface area contributed by atoms with Crippen LogP contribution in [0.2, 0.25) is 0 Å². The van der Waals surface area contributed by atoms with Gasteiger partial charge in [-0.05, 0) is 38.5 Å². The zero-order valence-corrected chi connectivity index (χ0v) is 11.5. The summed E-state index contributed by atoms with van der Waals surface area (Å²) in [6, 6.07) is 3.57. The average molecular weight is 270 g/mol. The van der Waals surface area contributed by atoms with Gasteiger partial charge in [-0.15, -0.1) is 5.10 Å². The molecule has 3 aromatic rings. The van der Waals surface area contributed by atoms with Gasteiger partial charge in [0.1, 0.15) is 12.2 Å². The molecular formula is C13H14N6O. The predicted octanol–water partition coefficient (Wildman–Crippen LogP) is 1.70. The minimum atomic E-state index is 0.436. The maximum Gasteiger partial charge on any atom is 0.248 e. The molecule has 0 N–H and O–H groups in total. The van der Waals surface area contributed by atoms with E-state index in [-0.39, 0.29) is 0 Å². The van der Waals surface area contributed by atoms with E-state index in [4.69, 9.17) is 4.52 Å². The molecule has 0 saturated heterocycles. The third-order valence-corrected chi connectivity index (χ3v) is 3.30. The maximum absolute atomic E-state index is 5.24. The number of hydrogen-bond acceptors (Lipinski definition) is 6. The molecule has 0 spiro atoms. The van der Waals surface area contributed by atoms with E-state index in [1.54, 1.807) is 18.3 Å². The van der Waals surface area contributed by atoms with Gasteiger partial charge in [-0.3, -0.25) is 4.68 Å². The van der Waals surface area contributed by atoms with E-state index < -0.39 is 0 Å². The first-order chi connectivity index (χ1) is 9.65. The molecule has 0 bridgehead atoms. The highest BCUT2D eigenvalue weighted by Crippen LogP contribution is 2.15. The Morgan fingerprint density at radius 1 is 1.25 bits per heavy atom. The highest BCUT2D eigenvalue weighted by Gasteiger charge is 2.13. The van der Waals surface area contributed by atoms with Crippen molar-refractivity contribution < 1.29 is 4.52 Å². The number of aryl methyl sites for hydroxylation is 1. The molecule has 0 aromatic carbocycles. The number of hydrogen-bond donors (Lipinski definition) is 0. The summed E-state index contributed by atoms with van der Waals surface area (Å²) in [5, 5.41) is 16.1. The lowest BCUT2D eigenvalue weighted by Crippen LogP contribution is -2.04. The Bertz CT molecular complexity index is 731. The number of aromatic nitrogens is 6. The molecule has 0 aliphatic carbocycles. The monoisotopic (exact) mass is 270 g/mol. The first-order valence-electron chi connectivity index (χ1n) is 6.26. The van der Waals surface area contributed by atoms with E-state index in [1.165, 1.54) is 5.56 Å². The van der Waals surface area contributed by atoms with Gasteiger partial charge in [0.15, 0.2) is 0 Å². The third-order valence-electron chi connectivity index (χ3n) is 3.30. The van der Waals surface area contributed by atoms with Crippen molar-refractivity contribution in [2.45, 2.75) is 27.3 Å². The predicted molar refractivity (Wildman–Crippen MR) is 70.9 cm³/mol. The van der Waals surface area contributed by atoms with Crippen molar-refractivity contribution in [3.63, 3.8) is 0 Å². The molecular weight excluding hydrogens is 256 g/mol. The molecule has 102 valence electrons. The SMILES string of the molecule is Cc1nn(Cc2nc(-c3cccnn3)no2)c(C)c1C. The molecule has 0 aliphatic heterocycles. The summed E-state index contributed by atoms with van der Waals surface area (Å²) in [6.07, 6.45) is 1.60. The molecule has 3 aromatic heterocycles. The molecule has 0 aliphatic rings. The van der Waals surface area contributed by atoms with E-state index >= 15 is 0 Å². The molecule has 0 amide bonds. The van der Waals surface area contributed by atoms with E-state index in [2.05, 4.69) is 25.4 Å². The summed E-state index contributed by atoms with van der Waals surface area (Å²) in [5.41, 5.74) is 3.88. The zero-order chi connectivity index (χ0) is 14.1. The van der Waals surface area contributed by atoms with Gasteiger partial charge in [-0.2, -0.15) is 15.2 Å². The summed E-state index contributed by atoms with van der Waals surface area (Å²) in [6.45, 7) is 6.51. The van der Waals surface area contributed by atoms with Gasteiger partial charge in [-0.25, -0.2) is 0 Å². The molecule has 7 nitrogen and oxygen atoms in total. The van der Waals surface area contributed by atoms with Gasteiger partial charge in [0, 0.05) is 11.9 Å². The number of nitrogens with zero attached hydrogens (tertiary/aromatic N) is 6. The molecule has 3 rings (SSSR count). The first-order valence-corrected chi connectivity index (χ1v) is 6.26. The van der Waals surface area contributed by atoms with Crippen molar-refractivity contribution in [3.8, 4) is 11.5 Å². The number of rotatable bonds is 3. The fraction of sp³-hybridized carbons (Fsp3) is 0.308. The Morgan fingerprint density at radius 3 is 2.75 bits per heavy atom. The van der Waals surface area contributed by atoms with E-state index in [1.807, 2.05) is 25.5 Å². The Hall–Kier alpha value is -2.57. The van der Waals surface area contributed by atoms with Crippen molar-refractivity contribution in [1.29, 1.82) is 0 Å². The summed E-state index contributed by atoms with van der Waals surface area (Å²) in [4.78, 5) is 4.31. The summed E-state index contributed by atoms with van der Waals surface area (Å²) in [7, 11) is 0. The van der Waals surface area contributed by atoms with Crippen LogP contribution in [0.5, 0.6) is 0 Å². The largest absolute Gasteiger partial charge is 0.337 e. The van der Waals surface area contributed by atoms with Crippen molar-refractivity contribution in [1.82, 2.24) is 30.1 Å². The summed E-state index contributed by atoms with van der Waals surface area (Å²) in [5.74, 6) is 0.933. The van der Waals surface area contributed by atoms with Crippen LogP contribution in [0.4, 0.5) is 0 Å². The Kier molecular flexibility index (Phi) is 3.02. The van der Waals surface area contributed by atoms with Gasteiger partial charge in [0.05, 0.1) is 5.69 Å². The van der Waals surface area contributed by atoms with Crippen LogP contribution >= 0.6 is 0 Å². The minimum absolute atomic E-state index is 0.436. The van der Waals surface area contributed by atoms with Crippen LogP contribution in [0.15, 0.2) is 22.9 Å². The second-order valence-electron chi connectivity index (χ2n) is 4.57. The second kappa shape index (κ2) is 4.84. The Morgan fingerprint density at radius 2 is 2.10 bits per heavy atom. The van der Waals surface area contributed by atoms with Crippen molar-refractivity contribution in [3.05, 3.63) is 41.2 Å². The molecule has 0 unspecified atom stereocenters. The highest BCUT2D eigenvalue weighted by atomic mass is 16.5. The first kappa shape index (κ1) is 12.5. The topological polar surface area (TPSA) is 82.5 Å². The molecule has 7 heteroatoms. The van der Waals surface area contributed by atoms with Crippen LogP contribution in [0.1, 0.15) is 22.8 Å². The van der Waals surface area contributed by atoms with Crippen LogP contribution in [0, 0.1) is 20.8 Å². The third kappa shape index (κ3) is 2.18. The van der Waals surface area contributed by atoms with Gasteiger partial charge in [0.2, 0.25) is 11.7 Å². The van der Waals surface area contributed by atoms with Crippen LogP contribution in [-0.4, -0.2) is 30.1 Å². The second-order valence-corrected chi connectivity index (χ2v) is 4.57. The Balaban J connectivity index is 1.86. The lowest BCUT2D eigenvalue weighted by atomic mass is 10.2. The normalized spacial score (nSPS) is 10.9. The van der Waals surface area contributed by atoms with Crippen LogP contribution in [-0.2, 0) is 6.54 Å². The van der Waals surface area contributed by atoms with Crippen molar-refractivity contribution in [2.24, 2.45) is 0 Å². The van der Waals surface area contributed by atoms with E-state index in [0.29, 0.717) is 24.0 Å². The summed E-state index contributed by atoms with van der Waals surface area (Å²) >= 11 is 0. The molecule has 20 heavy (non-hydrogen) atoms. The lowest BCUT2D eigenvalue weighted by molar-refractivity contribution is 0.364. The molecule has 0 atom stereocenters. The molecule has 0 fully saturated rings. The van der Waals surface area contributed by atoms with E-state index in [0.717, 1.165) is 11.4 Å². The van der Waals surface area contributed by atoms with Crippen LogP contribution < -0.4 is 0 Å². The van der Waals surface area contributed by atoms with Crippen LogP contribution in [0.25, 0.3) is 11.5 Å². The van der Waals surface area contributed by atoms with Gasteiger partial charge in [-0.1, -0.05) is 5.16 Å². The Labute approximate surface area is 115 Å². The molecule has 0 saturated carbocycles. The molecule has 3 heterocycles. The quantitative estimate of drug-likeness (QED) is 0.720. The smallest absolute Gasteiger partial charge is 0.248 e. The van der Waals surface area contributed by atoms with Crippen molar-refractivity contribution >= 4 is 0 Å². The fourth-order valence-corrected chi connectivity index (χ4v) is 1.91. The average Bonchev–Trinajstić information content (AvgIpc) is 3.02. The fourth-order valence-electron chi connectivity index (χ4n) is 1.91. The van der Waals surface area contributed by atoms with Crippen molar-refractivity contribution in [2.75, 3.05) is 0 Å². The van der Waals surface area contributed by atoms with E-state index in [9.17, 15) is 0 Å². The highest BCUT2D eigenvalue weighted by molar-refractivity contribution is 5.46. The standard InChI is InChI=1S/C13H14N6O/c1-8-9(2)17-19(10(8)3)7-12-15-13(18-20-12)11-5-4-6-14-16-11/h4-6H,7H2,1-3H3. The maximum atomic E-state index is 5.24. The zero-order valence-electron chi connectivity index (χ0n) is 11.5. The molecule has 0 radical (unpaired) electrons. The minimum Gasteiger partial charge on any atom is -0.337 e. The summed E-state index contributed by atoms with van der Waals surface area (Å²) < 4.78 is 7.10. The van der Waals surface area contributed by atoms with Gasteiger partial charge < -0.3 is 4.52 Å². The lowest BCUT2D eigenvalue weighted by Gasteiger charge is -1.99. The van der Waals surface area contributed by atoms with Gasteiger partial charge >= 0.3 is 0 Å². The van der Waals surface area contributed by atoms with Gasteiger partial charge in [0.25, 0.3) is 0 Å².